The summed E-state index contributed by atoms with van der Waals surface area (Å²) in [7, 11) is 3.18. The largest absolute Gasteiger partial charge is 0.497 e. The van der Waals surface area contributed by atoms with Crippen molar-refractivity contribution in [2.75, 3.05) is 19.1 Å². The van der Waals surface area contributed by atoms with E-state index in [9.17, 15) is 9.59 Å². The van der Waals surface area contributed by atoms with E-state index in [1.54, 1.807) is 37.3 Å². The monoisotopic (exact) mass is 439 g/mol. The molecule has 2 aromatic rings. The van der Waals surface area contributed by atoms with E-state index in [-0.39, 0.29) is 29.4 Å². The number of hydrogen-bond acceptors (Lipinski definition) is 4. The Kier molecular flexibility index (Phi) is 5.56. The molecule has 0 fully saturated rings. The fraction of sp³-hybridized carbons (Fsp3) is 0.360. The van der Waals surface area contributed by atoms with Gasteiger partial charge in [-0.15, -0.1) is 0 Å². The number of ketones is 1. The zero-order valence-corrected chi connectivity index (χ0v) is 19.0. The van der Waals surface area contributed by atoms with Crippen LogP contribution in [0.5, 0.6) is 11.5 Å². The van der Waals surface area contributed by atoms with Crippen molar-refractivity contribution >= 4 is 29.0 Å². The number of anilines is 1. The van der Waals surface area contributed by atoms with Crippen molar-refractivity contribution in [2.24, 2.45) is 5.41 Å². The van der Waals surface area contributed by atoms with Gasteiger partial charge in [-0.05, 0) is 36.1 Å². The quantitative estimate of drug-likeness (QED) is 0.629. The van der Waals surface area contributed by atoms with E-state index in [2.05, 4.69) is 13.8 Å². The summed E-state index contributed by atoms with van der Waals surface area (Å²) in [6.45, 7) is 4.12. The summed E-state index contributed by atoms with van der Waals surface area (Å²) in [5.74, 6) is 0.928. The fourth-order valence-corrected chi connectivity index (χ4v) is 4.89. The molecule has 4 rings (SSSR count). The van der Waals surface area contributed by atoms with Crippen molar-refractivity contribution < 1.29 is 19.1 Å². The molecule has 0 radical (unpaired) electrons. The first-order valence-electron chi connectivity index (χ1n) is 10.3. The Bertz CT molecular complexity index is 1090. The standard InChI is InChI=1S/C25H26ClNO4/c1-25(2)13-20-24(21(28)14-25)19(18-9-8-17(30-3)11-22(18)31-4)12-23(29)27(20)16-7-5-6-15(26)10-16/h5-11,19H,12-14H2,1-4H3. The average molecular weight is 440 g/mol. The summed E-state index contributed by atoms with van der Waals surface area (Å²) in [4.78, 5) is 28.6. The third kappa shape index (κ3) is 3.94. The number of rotatable bonds is 4. The minimum Gasteiger partial charge on any atom is -0.497 e. The Morgan fingerprint density at radius 3 is 2.48 bits per heavy atom. The molecule has 1 aliphatic heterocycles. The van der Waals surface area contributed by atoms with E-state index < -0.39 is 0 Å². The van der Waals surface area contributed by atoms with Crippen molar-refractivity contribution in [1.29, 1.82) is 0 Å². The van der Waals surface area contributed by atoms with Gasteiger partial charge in [-0.2, -0.15) is 0 Å². The number of Topliss-reactive ketones (excluding diaryl/α,β-unsaturated/α-hetero) is 1. The molecule has 6 heteroatoms. The molecule has 0 spiro atoms. The summed E-state index contributed by atoms with van der Waals surface area (Å²) in [5, 5.41) is 0.549. The highest BCUT2D eigenvalue weighted by atomic mass is 35.5. The minimum atomic E-state index is -0.359. The van der Waals surface area contributed by atoms with Gasteiger partial charge in [0.25, 0.3) is 0 Å². The number of methoxy groups -OCH3 is 2. The smallest absolute Gasteiger partial charge is 0.232 e. The Morgan fingerprint density at radius 1 is 1.03 bits per heavy atom. The molecule has 1 heterocycles. The molecular formula is C25H26ClNO4. The highest BCUT2D eigenvalue weighted by molar-refractivity contribution is 6.31. The van der Waals surface area contributed by atoms with Crippen molar-refractivity contribution in [3.05, 3.63) is 64.3 Å². The van der Waals surface area contributed by atoms with Gasteiger partial charge in [0.1, 0.15) is 11.5 Å². The first-order valence-corrected chi connectivity index (χ1v) is 10.7. The maximum Gasteiger partial charge on any atom is 0.232 e. The Morgan fingerprint density at radius 2 is 1.81 bits per heavy atom. The topological polar surface area (TPSA) is 55.8 Å². The lowest BCUT2D eigenvalue weighted by atomic mass is 9.69. The average Bonchev–Trinajstić information content (AvgIpc) is 2.71. The predicted octanol–water partition coefficient (Wildman–Crippen LogP) is 5.52. The first kappa shape index (κ1) is 21.4. The lowest BCUT2D eigenvalue weighted by Gasteiger charge is -2.43. The van der Waals surface area contributed by atoms with Crippen LogP contribution in [0.15, 0.2) is 53.7 Å². The van der Waals surface area contributed by atoms with Crippen LogP contribution in [0.4, 0.5) is 5.69 Å². The zero-order valence-electron chi connectivity index (χ0n) is 18.2. The summed E-state index contributed by atoms with van der Waals surface area (Å²) >= 11 is 6.21. The normalized spacial score (nSPS) is 20.5. The second kappa shape index (κ2) is 8.04. The molecule has 2 aromatic carbocycles. The third-order valence-electron chi connectivity index (χ3n) is 6.03. The molecule has 1 amide bonds. The molecule has 0 saturated heterocycles. The van der Waals surface area contributed by atoms with Crippen LogP contribution in [0.1, 0.15) is 44.6 Å². The Labute approximate surface area is 187 Å². The van der Waals surface area contributed by atoms with Crippen LogP contribution in [0.2, 0.25) is 5.02 Å². The second-order valence-electron chi connectivity index (χ2n) is 8.87. The lowest BCUT2D eigenvalue weighted by Crippen LogP contribution is -2.43. The SMILES string of the molecule is COc1ccc(C2CC(=O)N(c3cccc(Cl)c3)C3=C2C(=O)CC(C)(C)C3)c(OC)c1. The van der Waals surface area contributed by atoms with Crippen LogP contribution in [0.3, 0.4) is 0 Å². The number of ether oxygens (including phenoxy) is 2. The molecule has 2 aliphatic rings. The van der Waals surface area contributed by atoms with Gasteiger partial charge < -0.3 is 9.47 Å². The zero-order chi connectivity index (χ0) is 22.3. The van der Waals surface area contributed by atoms with Crippen molar-refractivity contribution in [3.63, 3.8) is 0 Å². The van der Waals surface area contributed by atoms with Gasteiger partial charge in [0.15, 0.2) is 5.78 Å². The molecule has 31 heavy (non-hydrogen) atoms. The van der Waals surface area contributed by atoms with Gasteiger partial charge >= 0.3 is 0 Å². The number of amides is 1. The van der Waals surface area contributed by atoms with E-state index in [1.807, 2.05) is 24.3 Å². The van der Waals surface area contributed by atoms with Crippen LogP contribution < -0.4 is 14.4 Å². The number of carbonyl (C=O) groups is 2. The third-order valence-corrected chi connectivity index (χ3v) is 6.26. The molecule has 0 aromatic heterocycles. The summed E-state index contributed by atoms with van der Waals surface area (Å²) in [5.41, 5.74) is 2.74. The molecule has 0 saturated carbocycles. The van der Waals surface area contributed by atoms with Gasteiger partial charge in [0.2, 0.25) is 5.91 Å². The van der Waals surface area contributed by atoms with Gasteiger partial charge in [-0.25, -0.2) is 0 Å². The Balaban J connectivity index is 1.91. The van der Waals surface area contributed by atoms with Crippen molar-refractivity contribution in [3.8, 4) is 11.5 Å². The van der Waals surface area contributed by atoms with Crippen LogP contribution in [0, 0.1) is 5.41 Å². The number of benzene rings is 2. The highest BCUT2D eigenvalue weighted by Crippen LogP contribution is 2.49. The van der Waals surface area contributed by atoms with Crippen molar-refractivity contribution in [2.45, 2.75) is 39.0 Å². The fourth-order valence-electron chi connectivity index (χ4n) is 4.70. The van der Waals surface area contributed by atoms with Crippen molar-refractivity contribution in [1.82, 2.24) is 0 Å². The van der Waals surface area contributed by atoms with Crippen LogP contribution in [0.25, 0.3) is 0 Å². The summed E-state index contributed by atoms with van der Waals surface area (Å²) in [6.07, 6.45) is 1.25. The van der Waals surface area contributed by atoms with Gasteiger partial charge in [0, 0.05) is 46.7 Å². The van der Waals surface area contributed by atoms with E-state index in [4.69, 9.17) is 21.1 Å². The second-order valence-corrected chi connectivity index (χ2v) is 9.31. The minimum absolute atomic E-state index is 0.0608. The molecular weight excluding hydrogens is 414 g/mol. The molecule has 162 valence electrons. The number of allylic oxidation sites excluding steroid dienone is 2. The highest BCUT2D eigenvalue weighted by Gasteiger charge is 2.45. The molecule has 0 N–H and O–H groups in total. The van der Waals surface area contributed by atoms with Gasteiger partial charge in [-0.1, -0.05) is 37.6 Å². The molecule has 1 aliphatic carbocycles. The summed E-state index contributed by atoms with van der Waals surface area (Å²) in [6, 6.07) is 12.7. The van der Waals surface area contributed by atoms with Gasteiger partial charge in [-0.3, -0.25) is 14.5 Å². The van der Waals surface area contributed by atoms with E-state index in [0.29, 0.717) is 40.6 Å². The molecule has 1 unspecified atom stereocenters. The predicted molar refractivity (Wildman–Crippen MR) is 121 cm³/mol. The van der Waals surface area contributed by atoms with Crippen LogP contribution in [-0.4, -0.2) is 25.9 Å². The van der Waals surface area contributed by atoms with Crippen LogP contribution in [-0.2, 0) is 9.59 Å². The number of nitrogens with zero attached hydrogens (tertiary/aromatic N) is 1. The van der Waals surface area contributed by atoms with E-state index in [0.717, 1.165) is 11.3 Å². The number of hydrogen-bond donors (Lipinski definition) is 0. The number of halogens is 1. The number of carbonyl (C=O) groups excluding carboxylic acids is 2. The lowest BCUT2D eigenvalue weighted by molar-refractivity contribution is -0.121. The van der Waals surface area contributed by atoms with E-state index in [1.165, 1.54) is 0 Å². The first-order chi connectivity index (χ1) is 14.7. The summed E-state index contributed by atoms with van der Waals surface area (Å²) < 4.78 is 10.9. The Hall–Kier alpha value is -2.79. The van der Waals surface area contributed by atoms with Crippen LogP contribution >= 0.6 is 11.6 Å². The molecule has 0 bridgehead atoms. The van der Waals surface area contributed by atoms with E-state index >= 15 is 0 Å². The molecule has 5 nitrogen and oxygen atoms in total. The van der Waals surface area contributed by atoms with Gasteiger partial charge in [0.05, 0.1) is 19.9 Å². The maximum absolute atomic E-state index is 13.5. The maximum atomic E-state index is 13.5. The molecule has 1 atom stereocenters.